The molecule has 0 heterocycles. The van der Waals surface area contributed by atoms with Crippen LogP contribution in [0.5, 0.6) is 0 Å². The van der Waals surface area contributed by atoms with E-state index in [2.05, 4.69) is 52.9 Å². The van der Waals surface area contributed by atoms with Gasteiger partial charge in [-0.15, -0.1) is 0 Å². The van der Waals surface area contributed by atoms with Gasteiger partial charge >= 0.3 is 34.6 Å². The molecule has 0 aliphatic carbocycles. The number of hydrogen-bond donors (Lipinski definition) is 0. The van der Waals surface area contributed by atoms with E-state index in [-0.39, 0.29) is 0 Å². The first-order valence-corrected chi connectivity index (χ1v) is 12.9. The van der Waals surface area contributed by atoms with Crippen molar-refractivity contribution in [3.63, 3.8) is 0 Å². The SMILES string of the molecule is Cc1ccccc1C.[CH3][Sn]([CH3])[CH3]. The van der Waals surface area contributed by atoms with Crippen molar-refractivity contribution in [1.29, 1.82) is 0 Å². The maximum atomic E-state index is 2.36. The Bertz CT molecular complexity index is 192. The summed E-state index contributed by atoms with van der Waals surface area (Å²) >= 11 is -0.543. The zero-order valence-electron chi connectivity index (χ0n) is 8.81. The third-order valence-corrected chi connectivity index (χ3v) is 1.43. The molecule has 0 N–H and O–H groups in total. The third kappa shape index (κ3) is 6.71. The van der Waals surface area contributed by atoms with Crippen molar-refractivity contribution in [1.82, 2.24) is 0 Å². The van der Waals surface area contributed by atoms with Crippen molar-refractivity contribution in [2.24, 2.45) is 0 Å². The van der Waals surface area contributed by atoms with Gasteiger partial charge in [0.1, 0.15) is 0 Å². The molecule has 1 aromatic rings. The summed E-state index contributed by atoms with van der Waals surface area (Å²) in [6.45, 7) is 4.24. The predicted octanol–water partition coefficient (Wildman–Crippen LogP) is 3.67. The van der Waals surface area contributed by atoms with Crippen LogP contribution < -0.4 is 0 Å². The number of benzene rings is 1. The zero-order chi connectivity index (χ0) is 9.56. The van der Waals surface area contributed by atoms with Crippen LogP contribution in [-0.2, 0) is 0 Å². The molecule has 0 saturated carbocycles. The summed E-state index contributed by atoms with van der Waals surface area (Å²) in [6.07, 6.45) is 0. The number of aryl methyl sites for hydroxylation is 2. The van der Waals surface area contributed by atoms with Crippen molar-refractivity contribution in [2.45, 2.75) is 28.7 Å². The molecule has 67 valence electrons. The van der Waals surface area contributed by atoms with Crippen LogP contribution >= 0.6 is 0 Å². The molecule has 0 unspecified atom stereocenters. The molecular formula is C11H19Sn. The molecule has 0 amide bonds. The van der Waals surface area contributed by atoms with Crippen LogP contribution in [0, 0.1) is 13.8 Å². The van der Waals surface area contributed by atoms with E-state index in [0.29, 0.717) is 0 Å². The normalized spacial score (nSPS) is 9.17. The maximum absolute atomic E-state index is 2.36. The Labute approximate surface area is 83.7 Å². The van der Waals surface area contributed by atoms with Crippen molar-refractivity contribution < 1.29 is 0 Å². The molecule has 1 heteroatoms. The van der Waals surface area contributed by atoms with Gasteiger partial charge in [0.25, 0.3) is 0 Å². The van der Waals surface area contributed by atoms with Gasteiger partial charge in [0.2, 0.25) is 0 Å². The van der Waals surface area contributed by atoms with E-state index in [1.165, 1.54) is 11.1 Å². The number of hydrogen-bond acceptors (Lipinski definition) is 0. The average Bonchev–Trinajstić information content (AvgIpc) is 1.94. The van der Waals surface area contributed by atoms with Gasteiger partial charge in [-0.2, -0.15) is 0 Å². The second kappa shape index (κ2) is 6.53. The summed E-state index contributed by atoms with van der Waals surface area (Å²) in [5.74, 6) is 0. The summed E-state index contributed by atoms with van der Waals surface area (Å²) in [5.41, 5.74) is 2.74. The molecule has 1 radical (unpaired) electrons. The van der Waals surface area contributed by atoms with E-state index >= 15 is 0 Å². The minimum atomic E-state index is -0.543. The summed E-state index contributed by atoms with van der Waals surface area (Å²) in [7, 11) is 0. The molecule has 0 aromatic heterocycles. The second-order valence-electron chi connectivity index (χ2n) is 3.58. The Hall–Kier alpha value is 0.0187. The molecule has 0 nitrogen and oxygen atoms in total. The first-order valence-electron chi connectivity index (χ1n) is 4.33. The summed E-state index contributed by atoms with van der Waals surface area (Å²) in [6, 6.07) is 8.36. The monoisotopic (exact) mass is 271 g/mol. The quantitative estimate of drug-likeness (QED) is 0.631. The first kappa shape index (κ1) is 12.0. The van der Waals surface area contributed by atoms with Crippen molar-refractivity contribution in [2.75, 3.05) is 0 Å². The van der Waals surface area contributed by atoms with Crippen molar-refractivity contribution in [3.8, 4) is 0 Å². The Balaban J connectivity index is 0.000000261. The third-order valence-electron chi connectivity index (χ3n) is 1.43. The van der Waals surface area contributed by atoms with Crippen LogP contribution in [0.2, 0.25) is 14.8 Å². The Morgan fingerprint density at radius 2 is 1.08 bits per heavy atom. The Morgan fingerprint density at radius 1 is 0.833 bits per heavy atom. The van der Waals surface area contributed by atoms with Gasteiger partial charge in [0.05, 0.1) is 0 Å². The van der Waals surface area contributed by atoms with Crippen molar-refractivity contribution >= 4 is 19.8 Å². The van der Waals surface area contributed by atoms with Crippen molar-refractivity contribution in [3.05, 3.63) is 35.4 Å². The predicted molar refractivity (Wildman–Crippen MR) is 59.3 cm³/mol. The molecule has 0 aliphatic heterocycles. The molecule has 12 heavy (non-hydrogen) atoms. The molecule has 1 rings (SSSR count). The molecule has 0 saturated heterocycles. The fraction of sp³-hybridized carbons (Fsp3) is 0.455. The van der Waals surface area contributed by atoms with Gasteiger partial charge in [0.15, 0.2) is 0 Å². The fourth-order valence-electron chi connectivity index (χ4n) is 0.663. The van der Waals surface area contributed by atoms with Crippen LogP contribution in [-0.4, -0.2) is 19.8 Å². The van der Waals surface area contributed by atoms with Crippen LogP contribution in [0.25, 0.3) is 0 Å². The van der Waals surface area contributed by atoms with E-state index in [1.54, 1.807) is 0 Å². The van der Waals surface area contributed by atoms with Gasteiger partial charge in [0, 0.05) is 0 Å². The van der Waals surface area contributed by atoms with E-state index in [1.807, 2.05) is 0 Å². The molecule has 1 aromatic carbocycles. The summed E-state index contributed by atoms with van der Waals surface area (Å²) in [5, 5.41) is 0. The minimum absolute atomic E-state index is 0.543. The molecule has 0 bridgehead atoms. The van der Waals surface area contributed by atoms with E-state index in [4.69, 9.17) is 0 Å². The molecule has 0 atom stereocenters. The van der Waals surface area contributed by atoms with E-state index in [9.17, 15) is 0 Å². The Kier molecular flexibility index (Phi) is 6.54. The van der Waals surface area contributed by atoms with E-state index < -0.39 is 19.8 Å². The first-order chi connectivity index (χ1) is 5.54. The molecule has 0 fully saturated rings. The summed E-state index contributed by atoms with van der Waals surface area (Å²) in [4.78, 5) is 7.09. The van der Waals surface area contributed by atoms with Crippen LogP contribution in [0.3, 0.4) is 0 Å². The second-order valence-corrected chi connectivity index (χ2v) is 12.1. The van der Waals surface area contributed by atoms with Gasteiger partial charge in [-0.05, 0) is 25.0 Å². The topological polar surface area (TPSA) is 0 Å². The number of rotatable bonds is 0. The standard InChI is InChI=1S/C8H10.3CH3.Sn/c1-7-5-3-4-6-8(7)2;;;;/h3-6H,1-2H3;3*1H3;. The fourth-order valence-corrected chi connectivity index (χ4v) is 0.663. The molecular weight excluding hydrogens is 251 g/mol. The van der Waals surface area contributed by atoms with Crippen LogP contribution in [0.15, 0.2) is 24.3 Å². The van der Waals surface area contributed by atoms with E-state index in [0.717, 1.165) is 0 Å². The van der Waals surface area contributed by atoms with Gasteiger partial charge in [-0.3, -0.25) is 0 Å². The summed E-state index contributed by atoms with van der Waals surface area (Å²) < 4.78 is 0. The molecule has 0 spiro atoms. The van der Waals surface area contributed by atoms with Crippen LogP contribution in [0.4, 0.5) is 0 Å². The van der Waals surface area contributed by atoms with Gasteiger partial charge in [-0.1, -0.05) is 24.3 Å². The van der Waals surface area contributed by atoms with Crippen LogP contribution in [0.1, 0.15) is 11.1 Å². The molecule has 0 aliphatic rings. The Morgan fingerprint density at radius 3 is 1.25 bits per heavy atom. The van der Waals surface area contributed by atoms with Gasteiger partial charge in [-0.25, -0.2) is 0 Å². The van der Waals surface area contributed by atoms with Gasteiger partial charge < -0.3 is 0 Å². The zero-order valence-corrected chi connectivity index (χ0v) is 11.7. The average molecular weight is 270 g/mol.